The van der Waals surface area contributed by atoms with Crippen LogP contribution >= 0.6 is 0 Å². The van der Waals surface area contributed by atoms with Gasteiger partial charge in [0.1, 0.15) is 11.5 Å². The molecule has 1 amide bonds. The highest BCUT2D eigenvalue weighted by Crippen LogP contribution is 2.63. The Morgan fingerprint density at radius 3 is 1.78 bits per heavy atom. The van der Waals surface area contributed by atoms with Crippen molar-refractivity contribution in [1.29, 1.82) is 0 Å². The third-order valence-corrected chi connectivity index (χ3v) is 9.62. The SMILES string of the molecule is Cc1ccc2c(c1)C1(c3ccccc3Oc3ccccc31)c1cc(C)ccc1N2c1ccc2c(c1)C(=O)N(c1ccccc1)C2. The number of ether oxygens (including phenoxy) is 1. The number of para-hydroxylation sites is 3. The van der Waals surface area contributed by atoms with E-state index in [9.17, 15) is 4.79 Å². The van der Waals surface area contributed by atoms with E-state index in [-0.39, 0.29) is 5.91 Å². The fraction of sp³-hybridized carbons (Fsp3) is 0.0976. The summed E-state index contributed by atoms with van der Waals surface area (Å²) in [6.07, 6.45) is 0. The number of nitrogens with zero attached hydrogens (tertiary/aromatic N) is 2. The van der Waals surface area contributed by atoms with Crippen LogP contribution < -0.4 is 14.5 Å². The third kappa shape index (κ3) is 3.57. The number of fused-ring (bicyclic) bond motifs is 9. The van der Waals surface area contributed by atoms with E-state index in [1.54, 1.807) is 0 Å². The summed E-state index contributed by atoms with van der Waals surface area (Å²) in [6, 6.07) is 46.7. The van der Waals surface area contributed by atoms with Crippen molar-refractivity contribution >= 4 is 28.7 Å². The lowest BCUT2D eigenvalue weighted by atomic mass is 9.61. The number of anilines is 4. The lowest BCUT2D eigenvalue weighted by molar-refractivity contribution is 0.0996. The fourth-order valence-corrected chi connectivity index (χ4v) is 7.66. The maximum atomic E-state index is 13.8. The molecule has 0 atom stereocenters. The molecule has 4 nitrogen and oxygen atoms in total. The summed E-state index contributed by atoms with van der Waals surface area (Å²) in [5, 5.41) is 0. The Morgan fingerprint density at radius 2 is 1.16 bits per heavy atom. The van der Waals surface area contributed by atoms with E-state index in [0.717, 1.165) is 56.5 Å². The Hall–Kier alpha value is -5.61. The van der Waals surface area contributed by atoms with Crippen LogP contribution in [-0.2, 0) is 12.0 Å². The summed E-state index contributed by atoms with van der Waals surface area (Å²) < 4.78 is 6.56. The Bertz CT molecular complexity index is 2080. The zero-order valence-corrected chi connectivity index (χ0v) is 25.1. The van der Waals surface area contributed by atoms with Crippen molar-refractivity contribution < 1.29 is 9.53 Å². The molecule has 3 heterocycles. The molecule has 0 aromatic heterocycles. The van der Waals surface area contributed by atoms with Crippen LogP contribution in [0.1, 0.15) is 49.3 Å². The maximum absolute atomic E-state index is 13.8. The monoisotopic (exact) mass is 582 g/mol. The summed E-state index contributed by atoms with van der Waals surface area (Å²) >= 11 is 0. The van der Waals surface area contributed by atoms with Gasteiger partial charge in [0.05, 0.1) is 23.3 Å². The molecule has 4 heteroatoms. The van der Waals surface area contributed by atoms with Crippen LogP contribution in [-0.4, -0.2) is 5.91 Å². The average Bonchev–Trinajstić information content (AvgIpc) is 3.40. The number of carbonyl (C=O) groups is 1. The number of aryl methyl sites for hydroxylation is 2. The second-order valence-corrected chi connectivity index (χ2v) is 12.3. The second-order valence-electron chi connectivity index (χ2n) is 12.3. The van der Waals surface area contributed by atoms with Gasteiger partial charge in [0.25, 0.3) is 5.91 Å². The van der Waals surface area contributed by atoms with Gasteiger partial charge in [0.2, 0.25) is 0 Å². The molecule has 0 N–H and O–H groups in total. The van der Waals surface area contributed by atoms with E-state index in [1.165, 1.54) is 22.3 Å². The number of amides is 1. The Labute approximate surface area is 262 Å². The molecule has 0 saturated carbocycles. The van der Waals surface area contributed by atoms with Crippen LogP contribution in [0.4, 0.5) is 22.7 Å². The molecule has 0 fully saturated rings. The van der Waals surface area contributed by atoms with Crippen molar-refractivity contribution in [2.75, 3.05) is 9.80 Å². The Kier molecular flexibility index (Phi) is 5.42. The molecule has 0 aliphatic carbocycles. The van der Waals surface area contributed by atoms with Gasteiger partial charge >= 0.3 is 0 Å². The molecule has 6 aromatic carbocycles. The van der Waals surface area contributed by atoms with Crippen molar-refractivity contribution in [2.45, 2.75) is 25.8 Å². The molecule has 1 spiro atoms. The summed E-state index contributed by atoms with van der Waals surface area (Å²) in [4.78, 5) is 18.0. The highest BCUT2D eigenvalue weighted by atomic mass is 16.5. The molecule has 0 radical (unpaired) electrons. The summed E-state index contributed by atoms with van der Waals surface area (Å²) in [7, 11) is 0. The van der Waals surface area contributed by atoms with Gasteiger partial charge < -0.3 is 14.5 Å². The zero-order chi connectivity index (χ0) is 30.3. The summed E-state index contributed by atoms with van der Waals surface area (Å²) in [5.74, 6) is 1.77. The van der Waals surface area contributed by atoms with Gasteiger partial charge in [-0.3, -0.25) is 4.79 Å². The van der Waals surface area contributed by atoms with Crippen LogP contribution in [0, 0.1) is 13.8 Å². The van der Waals surface area contributed by atoms with Gasteiger partial charge in [0.15, 0.2) is 0 Å². The Morgan fingerprint density at radius 1 is 0.578 bits per heavy atom. The molecule has 6 aromatic rings. The highest BCUT2D eigenvalue weighted by Gasteiger charge is 2.51. The molecule has 0 saturated heterocycles. The van der Waals surface area contributed by atoms with E-state index >= 15 is 0 Å². The third-order valence-electron chi connectivity index (χ3n) is 9.62. The van der Waals surface area contributed by atoms with Gasteiger partial charge in [-0.2, -0.15) is 0 Å². The number of rotatable bonds is 2. The van der Waals surface area contributed by atoms with Gasteiger partial charge in [-0.25, -0.2) is 0 Å². The van der Waals surface area contributed by atoms with Crippen LogP contribution in [0.5, 0.6) is 11.5 Å². The number of hydrogen-bond acceptors (Lipinski definition) is 3. The number of carbonyl (C=O) groups excluding carboxylic acids is 1. The molecule has 3 aliphatic rings. The minimum Gasteiger partial charge on any atom is -0.457 e. The largest absolute Gasteiger partial charge is 0.457 e. The quantitative estimate of drug-likeness (QED) is 0.203. The molecule has 0 bridgehead atoms. The van der Waals surface area contributed by atoms with Gasteiger partial charge in [-0.05, 0) is 79.1 Å². The predicted octanol–water partition coefficient (Wildman–Crippen LogP) is 9.74. The molecule has 0 unspecified atom stereocenters. The minimum absolute atomic E-state index is 0.0343. The van der Waals surface area contributed by atoms with Crippen molar-refractivity contribution in [2.24, 2.45) is 0 Å². The zero-order valence-electron chi connectivity index (χ0n) is 25.1. The van der Waals surface area contributed by atoms with Gasteiger partial charge in [-0.1, -0.05) is 96.1 Å². The topological polar surface area (TPSA) is 32.8 Å². The molecule has 3 aliphatic heterocycles. The molecular weight excluding hydrogens is 552 g/mol. The van der Waals surface area contributed by atoms with Gasteiger partial charge in [-0.15, -0.1) is 0 Å². The van der Waals surface area contributed by atoms with Crippen LogP contribution in [0.2, 0.25) is 0 Å². The van der Waals surface area contributed by atoms with E-state index in [1.807, 2.05) is 47.4 Å². The van der Waals surface area contributed by atoms with Gasteiger partial charge in [0, 0.05) is 28.1 Å². The smallest absolute Gasteiger partial charge is 0.259 e. The Balaban J connectivity index is 1.31. The fourth-order valence-electron chi connectivity index (χ4n) is 7.66. The predicted molar refractivity (Wildman–Crippen MR) is 179 cm³/mol. The van der Waals surface area contributed by atoms with Crippen molar-refractivity contribution in [3.8, 4) is 11.5 Å². The van der Waals surface area contributed by atoms with Crippen LogP contribution in [0.15, 0.2) is 133 Å². The lowest BCUT2D eigenvalue weighted by Crippen LogP contribution is -2.40. The normalized spacial score (nSPS) is 15.1. The summed E-state index contributed by atoms with van der Waals surface area (Å²) in [6.45, 7) is 4.89. The van der Waals surface area contributed by atoms with E-state index < -0.39 is 5.41 Å². The second kappa shape index (κ2) is 9.44. The number of benzene rings is 6. The first-order valence-electron chi connectivity index (χ1n) is 15.4. The van der Waals surface area contributed by atoms with E-state index in [2.05, 4.69) is 110 Å². The lowest BCUT2D eigenvalue weighted by Gasteiger charge is -2.49. The van der Waals surface area contributed by atoms with Crippen molar-refractivity contribution in [3.63, 3.8) is 0 Å². The molecule has 45 heavy (non-hydrogen) atoms. The molecular formula is C41H30N2O2. The first kappa shape index (κ1) is 25.8. The average molecular weight is 583 g/mol. The number of hydrogen-bond donors (Lipinski definition) is 0. The first-order valence-corrected chi connectivity index (χ1v) is 15.4. The first-order chi connectivity index (χ1) is 22.0. The van der Waals surface area contributed by atoms with Crippen molar-refractivity contribution in [3.05, 3.63) is 178 Å². The minimum atomic E-state index is -0.596. The maximum Gasteiger partial charge on any atom is 0.259 e. The summed E-state index contributed by atoms with van der Waals surface area (Å²) in [5.41, 5.74) is 12.3. The van der Waals surface area contributed by atoms with E-state index in [4.69, 9.17) is 4.74 Å². The van der Waals surface area contributed by atoms with Crippen LogP contribution in [0.25, 0.3) is 0 Å². The van der Waals surface area contributed by atoms with Crippen molar-refractivity contribution in [1.82, 2.24) is 0 Å². The van der Waals surface area contributed by atoms with E-state index in [0.29, 0.717) is 6.54 Å². The highest BCUT2D eigenvalue weighted by molar-refractivity contribution is 6.11. The van der Waals surface area contributed by atoms with Crippen LogP contribution in [0.3, 0.4) is 0 Å². The standard InChI is InChI=1S/C41H30N2O2/c1-26-16-20-36-34(22-26)41(32-12-6-8-14-38(32)45-39-15-9-7-13-33(39)41)35-23-27(2)17-21-37(35)43(36)30-19-18-28-25-42(40(44)31(28)24-30)29-10-4-3-5-11-29/h3-24H,25H2,1-2H3. The molecule has 9 rings (SSSR count). The molecule has 216 valence electrons.